The maximum Gasteiger partial charge on any atom is 0.401 e. The molecule has 4 rings (SSSR count). The molecule has 2 aliphatic rings. The van der Waals surface area contributed by atoms with Crippen molar-refractivity contribution in [3.05, 3.63) is 24.4 Å². The molecule has 32 heavy (non-hydrogen) atoms. The number of halogens is 3. The van der Waals surface area contributed by atoms with Crippen LogP contribution in [0.4, 0.5) is 18.9 Å². The number of amides is 1. The highest BCUT2D eigenvalue weighted by Gasteiger charge is 2.43. The van der Waals surface area contributed by atoms with E-state index in [4.69, 9.17) is 4.74 Å². The zero-order chi connectivity index (χ0) is 23.1. The lowest BCUT2D eigenvalue weighted by atomic mass is 9.95. The van der Waals surface area contributed by atoms with Crippen LogP contribution in [0.1, 0.15) is 40.0 Å². The first-order valence-electron chi connectivity index (χ1n) is 11.3. The van der Waals surface area contributed by atoms with Gasteiger partial charge in [-0.05, 0) is 55.2 Å². The molecule has 0 spiro atoms. The maximum absolute atomic E-state index is 12.6. The lowest BCUT2D eigenvalue weighted by molar-refractivity contribution is -0.144. The van der Waals surface area contributed by atoms with Gasteiger partial charge in [-0.25, -0.2) is 0 Å². The van der Waals surface area contributed by atoms with Gasteiger partial charge in [-0.3, -0.25) is 9.69 Å². The number of hydrogen-bond donors (Lipinski definition) is 2. The monoisotopic (exact) mass is 451 g/mol. The van der Waals surface area contributed by atoms with E-state index in [1.807, 2.05) is 39.0 Å². The van der Waals surface area contributed by atoms with Gasteiger partial charge in [0, 0.05) is 35.6 Å². The number of benzene rings is 1. The number of fused-ring (bicyclic) bond motifs is 2. The first-order chi connectivity index (χ1) is 15.0. The zero-order valence-electron chi connectivity index (χ0n) is 18.9. The molecule has 2 heterocycles. The number of rotatable bonds is 6. The quantitative estimate of drug-likeness (QED) is 0.615. The van der Waals surface area contributed by atoms with Crippen molar-refractivity contribution in [3.8, 4) is 5.75 Å². The molecule has 2 N–H and O–H groups in total. The van der Waals surface area contributed by atoms with E-state index >= 15 is 0 Å². The standard InChI is InChI=1S/C24H32F3N3O2/c1-23(2,3)22(31)29-21-11-28-20-5-4-18(10-19(20)21)32-7-6-15-8-16-12-30(13-17(16)9-15)14-24(25,26)27/h4-5,10-11,15-17,28H,6-9,12-14H2,1-3H3,(H,29,31)/t15-,16-,17+. The van der Waals surface area contributed by atoms with E-state index in [0.717, 1.165) is 41.6 Å². The molecule has 2 fully saturated rings. The molecule has 1 saturated carbocycles. The molecule has 176 valence electrons. The second-order valence-electron chi connectivity index (χ2n) is 10.4. The summed E-state index contributed by atoms with van der Waals surface area (Å²) < 4.78 is 43.9. The maximum atomic E-state index is 12.6. The lowest BCUT2D eigenvalue weighted by Crippen LogP contribution is -2.33. The van der Waals surface area contributed by atoms with Gasteiger partial charge in [-0.2, -0.15) is 13.2 Å². The largest absolute Gasteiger partial charge is 0.494 e. The molecule has 1 aliphatic heterocycles. The molecule has 2 aromatic rings. The Hall–Kier alpha value is -2.22. The molecule has 0 radical (unpaired) electrons. The number of carbonyl (C=O) groups excluding carboxylic acids is 1. The average Bonchev–Trinajstić information content (AvgIpc) is 3.33. The summed E-state index contributed by atoms with van der Waals surface area (Å²) in [6.45, 7) is 6.54. The Balaban J connectivity index is 1.28. The average molecular weight is 452 g/mol. The molecule has 5 nitrogen and oxygen atoms in total. The van der Waals surface area contributed by atoms with Gasteiger partial charge < -0.3 is 15.0 Å². The van der Waals surface area contributed by atoms with Crippen LogP contribution in [0.2, 0.25) is 0 Å². The minimum absolute atomic E-state index is 0.0506. The van der Waals surface area contributed by atoms with Gasteiger partial charge in [0.1, 0.15) is 5.75 Å². The van der Waals surface area contributed by atoms with E-state index in [1.54, 1.807) is 11.1 Å². The summed E-state index contributed by atoms with van der Waals surface area (Å²) >= 11 is 0. The fourth-order valence-corrected chi connectivity index (χ4v) is 5.09. The van der Waals surface area contributed by atoms with Crippen molar-refractivity contribution in [3.63, 3.8) is 0 Å². The third kappa shape index (κ3) is 5.39. The number of likely N-dealkylation sites (tertiary alicyclic amines) is 1. The normalized spacial score (nSPS) is 24.1. The van der Waals surface area contributed by atoms with Crippen LogP contribution in [0.15, 0.2) is 24.4 Å². The van der Waals surface area contributed by atoms with Crippen molar-refractivity contribution >= 4 is 22.5 Å². The van der Waals surface area contributed by atoms with Gasteiger partial charge >= 0.3 is 6.18 Å². The summed E-state index contributed by atoms with van der Waals surface area (Å²) in [4.78, 5) is 17.1. The van der Waals surface area contributed by atoms with E-state index in [-0.39, 0.29) is 5.91 Å². The van der Waals surface area contributed by atoms with Gasteiger partial charge in [0.25, 0.3) is 0 Å². The SMILES string of the molecule is CC(C)(C)C(=O)Nc1c[nH]c2ccc(OCC[C@@H]3C[C@@H]4CN(CC(F)(F)F)C[C@@H]4C3)cc12. The molecule has 8 heteroatoms. The van der Waals surface area contributed by atoms with E-state index in [9.17, 15) is 18.0 Å². The first-order valence-corrected chi connectivity index (χ1v) is 11.3. The Morgan fingerprint density at radius 3 is 2.50 bits per heavy atom. The number of ether oxygens (including phenoxy) is 1. The van der Waals surface area contributed by atoms with Crippen LogP contribution in [0, 0.1) is 23.2 Å². The number of nitrogens with one attached hydrogen (secondary N) is 2. The molecule has 3 atom stereocenters. The number of H-pyrrole nitrogens is 1. The Bertz CT molecular complexity index is 950. The minimum atomic E-state index is -4.11. The van der Waals surface area contributed by atoms with Crippen molar-refractivity contribution in [1.82, 2.24) is 9.88 Å². The van der Waals surface area contributed by atoms with Gasteiger partial charge in [0.15, 0.2) is 0 Å². The second-order valence-corrected chi connectivity index (χ2v) is 10.4. The summed E-state index contributed by atoms with van der Waals surface area (Å²) in [5.74, 6) is 1.97. The number of alkyl halides is 3. The van der Waals surface area contributed by atoms with Gasteiger partial charge in [-0.15, -0.1) is 0 Å². The van der Waals surface area contributed by atoms with Crippen molar-refractivity contribution in [2.75, 3.05) is 31.6 Å². The highest BCUT2D eigenvalue weighted by Crippen LogP contribution is 2.43. The summed E-state index contributed by atoms with van der Waals surface area (Å²) in [5, 5.41) is 3.88. The molecule has 1 aromatic heterocycles. The van der Waals surface area contributed by atoms with Crippen molar-refractivity contribution in [2.24, 2.45) is 23.2 Å². The van der Waals surface area contributed by atoms with Crippen LogP contribution < -0.4 is 10.1 Å². The predicted molar refractivity (Wildman–Crippen MR) is 119 cm³/mol. The molecule has 0 unspecified atom stereocenters. The predicted octanol–water partition coefficient (Wildman–Crippen LogP) is 5.44. The first kappa shape index (κ1) is 23.0. The second kappa shape index (κ2) is 8.61. The molecule has 1 saturated heterocycles. The van der Waals surface area contributed by atoms with E-state index in [1.165, 1.54) is 0 Å². The summed E-state index contributed by atoms with van der Waals surface area (Å²) in [7, 11) is 0. The third-order valence-electron chi connectivity index (χ3n) is 6.70. The number of hydrogen-bond acceptors (Lipinski definition) is 3. The molecule has 1 aliphatic carbocycles. The number of anilines is 1. The van der Waals surface area contributed by atoms with E-state index in [0.29, 0.717) is 37.5 Å². The summed E-state index contributed by atoms with van der Waals surface area (Å²) in [6, 6.07) is 5.78. The number of nitrogens with zero attached hydrogens (tertiary/aromatic N) is 1. The van der Waals surface area contributed by atoms with Crippen LogP contribution in [0.25, 0.3) is 10.9 Å². The van der Waals surface area contributed by atoms with Gasteiger partial charge in [-0.1, -0.05) is 20.8 Å². The van der Waals surface area contributed by atoms with Gasteiger partial charge in [0.2, 0.25) is 5.91 Å². The summed E-state index contributed by atoms with van der Waals surface area (Å²) in [5.41, 5.74) is 1.17. The van der Waals surface area contributed by atoms with Crippen LogP contribution >= 0.6 is 0 Å². The topological polar surface area (TPSA) is 57.4 Å². The van der Waals surface area contributed by atoms with Crippen molar-refractivity contribution < 1.29 is 22.7 Å². The molecular formula is C24H32F3N3O2. The third-order valence-corrected chi connectivity index (χ3v) is 6.70. The fourth-order valence-electron chi connectivity index (χ4n) is 5.09. The Kier molecular flexibility index (Phi) is 6.18. The lowest BCUT2D eigenvalue weighted by Gasteiger charge is -2.20. The van der Waals surface area contributed by atoms with Crippen molar-refractivity contribution in [2.45, 2.75) is 46.2 Å². The zero-order valence-corrected chi connectivity index (χ0v) is 18.9. The van der Waals surface area contributed by atoms with Crippen LogP contribution in [-0.2, 0) is 4.79 Å². The highest BCUT2D eigenvalue weighted by molar-refractivity contribution is 6.03. The smallest absolute Gasteiger partial charge is 0.401 e. The Morgan fingerprint density at radius 1 is 1.19 bits per heavy atom. The van der Waals surface area contributed by atoms with E-state index in [2.05, 4.69) is 10.3 Å². The number of aromatic nitrogens is 1. The molecule has 0 bridgehead atoms. The fraction of sp³-hybridized carbons (Fsp3) is 0.625. The van der Waals surface area contributed by atoms with Gasteiger partial charge in [0.05, 0.1) is 18.8 Å². The molecule has 1 amide bonds. The van der Waals surface area contributed by atoms with Crippen LogP contribution in [0.3, 0.4) is 0 Å². The van der Waals surface area contributed by atoms with E-state index < -0.39 is 18.1 Å². The van der Waals surface area contributed by atoms with Crippen molar-refractivity contribution in [1.29, 1.82) is 0 Å². The number of carbonyl (C=O) groups is 1. The number of aromatic amines is 1. The molecular weight excluding hydrogens is 419 g/mol. The summed E-state index contributed by atoms with van der Waals surface area (Å²) in [6.07, 6.45) is 0.564. The minimum Gasteiger partial charge on any atom is -0.494 e. The Morgan fingerprint density at radius 2 is 1.88 bits per heavy atom. The highest BCUT2D eigenvalue weighted by atomic mass is 19.4. The Labute approximate surface area is 186 Å². The molecule has 1 aromatic carbocycles. The van der Waals surface area contributed by atoms with Crippen LogP contribution in [-0.4, -0.2) is 48.2 Å². The van der Waals surface area contributed by atoms with Crippen LogP contribution in [0.5, 0.6) is 5.75 Å².